The number of aliphatic hydroxyl groups is 2. The minimum absolute atomic E-state index is 0.0995. The maximum atomic E-state index is 11.1. The van der Waals surface area contributed by atoms with Crippen LogP contribution in [0.4, 0.5) is 0 Å². The minimum atomic E-state index is -2.16. The fourth-order valence-electron chi connectivity index (χ4n) is 2.07. The average Bonchev–Trinajstić information content (AvgIpc) is 2.92. The van der Waals surface area contributed by atoms with Gasteiger partial charge in [-0.2, -0.15) is 0 Å². The van der Waals surface area contributed by atoms with Crippen LogP contribution in [0.2, 0.25) is 0 Å². The van der Waals surface area contributed by atoms with Crippen LogP contribution in [0.3, 0.4) is 0 Å². The smallest absolute Gasteiger partial charge is 0.311 e. The highest BCUT2D eigenvalue weighted by Gasteiger charge is 2.26. The first-order chi connectivity index (χ1) is 18.0. The highest BCUT2D eigenvalue weighted by Crippen LogP contribution is 2.47. The van der Waals surface area contributed by atoms with Crippen molar-refractivity contribution >= 4 is 19.6 Å². The van der Waals surface area contributed by atoms with Crippen LogP contribution < -0.4 is 0 Å². The lowest BCUT2D eigenvalue weighted by molar-refractivity contribution is -0.155. The summed E-state index contributed by atoms with van der Waals surface area (Å²) < 4.78 is 30.8. The maximum absolute atomic E-state index is 11.1. The van der Waals surface area contributed by atoms with E-state index in [2.05, 4.69) is 4.74 Å². The molecule has 2 unspecified atom stereocenters. The van der Waals surface area contributed by atoms with Crippen molar-refractivity contribution < 1.29 is 38.3 Å². The van der Waals surface area contributed by atoms with E-state index in [-0.39, 0.29) is 25.3 Å². The van der Waals surface area contributed by atoms with Gasteiger partial charge in [-0.05, 0) is 39.2 Å². The third-order valence-corrected chi connectivity index (χ3v) is 7.24. The molecule has 10 heteroatoms. The first kappa shape index (κ1) is 38.6. The van der Waals surface area contributed by atoms with Gasteiger partial charge in [0, 0.05) is 20.8 Å². The monoisotopic (exact) mass is 561 g/mol. The Balaban J connectivity index is 0. The summed E-state index contributed by atoms with van der Waals surface area (Å²) in [6, 6.07) is 10.1. The van der Waals surface area contributed by atoms with Crippen molar-refractivity contribution in [1.29, 1.82) is 0 Å². The molecule has 1 aromatic rings. The molecular formula is C28H52NO8P. The molecule has 0 amide bonds. The van der Waals surface area contributed by atoms with E-state index < -0.39 is 12.9 Å². The van der Waals surface area contributed by atoms with Crippen molar-refractivity contribution in [3.8, 4) is 0 Å². The highest BCUT2D eigenvalue weighted by atomic mass is 31.2. The number of carbonyl (C=O) groups is 1. The summed E-state index contributed by atoms with van der Waals surface area (Å²) >= 11 is 0. The molecule has 0 spiro atoms. The van der Waals surface area contributed by atoms with E-state index in [4.69, 9.17) is 33.5 Å². The van der Waals surface area contributed by atoms with E-state index in [1.165, 1.54) is 0 Å². The Bertz CT molecular complexity index is 769. The number of aliphatic hydroxyl groups excluding tert-OH is 2. The number of rotatable bonds is 16. The lowest BCUT2D eigenvalue weighted by atomic mass is 9.91. The lowest BCUT2D eigenvalue weighted by Gasteiger charge is -2.19. The summed E-state index contributed by atoms with van der Waals surface area (Å²) in [6.45, 7) is 13.8. The summed E-state index contributed by atoms with van der Waals surface area (Å²) in [5, 5.41) is 16.7. The van der Waals surface area contributed by atoms with Crippen molar-refractivity contribution in [3.05, 3.63) is 42.0 Å². The number of methoxy groups -OCH3 is 1. The number of nitrogens with zero attached hydrogens (tertiary/aromatic N) is 1. The molecule has 0 aromatic heterocycles. The average molecular weight is 562 g/mol. The van der Waals surface area contributed by atoms with Crippen molar-refractivity contribution in [2.24, 2.45) is 10.2 Å². The fourth-order valence-corrected chi connectivity index (χ4v) is 3.15. The third kappa shape index (κ3) is 22.4. The predicted octanol–water partition coefficient (Wildman–Crippen LogP) is 5.42. The Hall–Kier alpha value is -1.58. The molecule has 0 bridgehead atoms. The Kier molecular flexibility index (Phi) is 24.8. The van der Waals surface area contributed by atoms with Gasteiger partial charge >= 0.3 is 5.97 Å². The van der Waals surface area contributed by atoms with Crippen molar-refractivity contribution in [2.75, 3.05) is 67.1 Å². The molecule has 2 N–H and O–H groups in total. The van der Waals surface area contributed by atoms with E-state index in [0.29, 0.717) is 33.0 Å². The molecule has 0 heterocycles. The quantitative estimate of drug-likeness (QED) is 0.156. The predicted molar refractivity (Wildman–Crippen MR) is 155 cm³/mol. The largest absolute Gasteiger partial charge is 0.463 e. The number of hydrogen-bond acceptors (Lipinski definition) is 9. The molecule has 1 rings (SSSR count). The van der Waals surface area contributed by atoms with E-state index in [1.807, 2.05) is 76.8 Å². The van der Waals surface area contributed by atoms with E-state index >= 15 is 0 Å². The second-order valence-corrected chi connectivity index (χ2v) is 11.4. The third-order valence-electron chi connectivity index (χ3n) is 5.23. The zero-order chi connectivity index (χ0) is 29.3. The number of esters is 1. The van der Waals surface area contributed by atoms with Crippen LogP contribution in [0.15, 0.2) is 41.2 Å². The zero-order valence-corrected chi connectivity index (χ0v) is 25.6. The van der Waals surface area contributed by atoms with Crippen LogP contribution in [0.5, 0.6) is 0 Å². The van der Waals surface area contributed by atoms with Gasteiger partial charge in [0.2, 0.25) is 7.51 Å². The van der Waals surface area contributed by atoms with Crippen molar-refractivity contribution in [3.63, 3.8) is 0 Å². The van der Waals surface area contributed by atoms with Gasteiger partial charge in [0.05, 0.1) is 51.2 Å². The Morgan fingerprint density at radius 2 is 1.68 bits per heavy atom. The van der Waals surface area contributed by atoms with Gasteiger partial charge in [0.15, 0.2) is 0 Å². The van der Waals surface area contributed by atoms with E-state index in [9.17, 15) is 4.79 Å². The van der Waals surface area contributed by atoms with E-state index in [0.717, 1.165) is 18.4 Å². The standard InChI is InChI=1S/C16H26NO4P.C8H16O3.C4H10O/c1-17-22(3,21-15-14-19-13-12-18-2)20-11-7-10-16-8-5-4-6-9-16;1-4-8(2,3)7(10)11-6-5-9;1-3-4(2)5/h4-10H,11-15H2,1-3H3;9H,4-6H2,1-3H3;4-5H,3H2,1-2H3/b10-7+;;. The normalized spacial score (nSPS) is 13.4. The molecule has 222 valence electrons. The Morgan fingerprint density at radius 3 is 2.18 bits per heavy atom. The SMILES string of the molecule is CCC(C)(C)C(=O)OCCO.CCC(C)O.CN=P(C)(OC/C=C/c1ccccc1)OCCOCCOC. The van der Waals surface area contributed by atoms with Crippen LogP contribution in [-0.2, 0) is 28.1 Å². The summed E-state index contributed by atoms with van der Waals surface area (Å²) in [5.41, 5.74) is 0.724. The lowest BCUT2D eigenvalue weighted by Crippen LogP contribution is -2.26. The molecule has 0 aliphatic rings. The van der Waals surface area contributed by atoms with Crippen LogP contribution in [0, 0.1) is 5.41 Å². The van der Waals surface area contributed by atoms with Gasteiger partial charge in [-0.3, -0.25) is 9.54 Å². The summed E-state index contributed by atoms with van der Waals surface area (Å²) in [5.74, 6) is -0.242. The van der Waals surface area contributed by atoms with Gasteiger partial charge in [-0.1, -0.05) is 56.3 Å². The van der Waals surface area contributed by atoms with Crippen molar-refractivity contribution in [2.45, 2.75) is 53.6 Å². The molecule has 0 saturated carbocycles. The number of benzene rings is 1. The molecule has 0 radical (unpaired) electrons. The van der Waals surface area contributed by atoms with Gasteiger partial charge < -0.3 is 33.5 Å². The molecule has 1 aromatic carbocycles. The summed E-state index contributed by atoms with van der Waals surface area (Å²) in [7, 11) is 1.21. The minimum Gasteiger partial charge on any atom is -0.463 e. The maximum Gasteiger partial charge on any atom is 0.311 e. The molecule has 0 aliphatic carbocycles. The van der Waals surface area contributed by atoms with Gasteiger partial charge in [0.1, 0.15) is 6.61 Å². The molecule has 38 heavy (non-hydrogen) atoms. The molecular weight excluding hydrogens is 509 g/mol. The summed E-state index contributed by atoms with van der Waals surface area (Å²) in [4.78, 5) is 11.1. The molecule has 0 fully saturated rings. The Labute approximate surface area is 230 Å². The van der Waals surface area contributed by atoms with Gasteiger partial charge in [-0.25, -0.2) is 0 Å². The van der Waals surface area contributed by atoms with Crippen LogP contribution in [0.25, 0.3) is 6.08 Å². The number of ether oxygens (including phenoxy) is 3. The second-order valence-electron chi connectivity index (χ2n) is 8.90. The van der Waals surface area contributed by atoms with Crippen LogP contribution in [0.1, 0.15) is 53.0 Å². The van der Waals surface area contributed by atoms with Crippen LogP contribution in [-0.4, -0.2) is 89.4 Å². The topological polar surface area (TPSA) is 116 Å². The molecule has 0 saturated heterocycles. The molecule has 2 atom stereocenters. The van der Waals surface area contributed by atoms with Crippen molar-refractivity contribution in [1.82, 2.24) is 0 Å². The van der Waals surface area contributed by atoms with E-state index in [1.54, 1.807) is 21.1 Å². The fraction of sp³-hybridized carbons (Fsp3) is 0.679. The van der Waals surface area contributed by atoms with Gasteiger partial charge in [-0.15, -0.1) is 0 Å². The number of carbonyl (C=O) groups excluding carboxylic acids is 1. The highest BCUT2D eigenvalue weighted by molar-refractivity contribution is 7.55. The number of hydrogen-bond donors (Lipinski definition) is 2. The first-order valence-electron chi connectivity index (χ1n) is 13.0. The molecule has 9 nitrogen and oxygen atoms in total. The Morgan fingerprint density at radius 1 is 1.08 bits per heavy atom. The second kappa shape index (κ2) is 24.5. The summed E-state index contributed by atoms with van der Waals surface area (Å²) in [6.07, 6.45) is 5.48. The van der Waals surface area contributed by atoms with Gasteiger partial charge in [0.25, 0.3) is 0 Å². The molecule has 0 aliphatic heterocycles. The van der Waals surface area contributed by atoms with Crippen LogP contribution >= 0.6 is 7.51 Å². The first-order valence-corrected chi connectivity index (χ1v) is 15.1. The zero-order valence-electron chi connectivity index (χ0n) is 24.7.